The fourth-order valence-corrected chi connectivity index (χ4v) is 2.25. The van der Waals surface area contributed by atoms with E-state index in [1.54, 1.807) is 12.3 Å². The summed E-state index contributed by atoms with van der Waals surface area (Å²) < 4.78 is 15.3. The Morgan fingerprint density at radius 2 is 1.50 bits per heavy atom. The summed E-state index contributed by atoms with van der Waals surface area (Å²) in [5.74, 6) is 0. The first-order valence-electron chi connectivity index (χ1n) is 7.35. The van der Waals surface area contributed by atoms with E-state index in [9.17, 15) is 9.59 Å². The third-order valence-corrected chi connectivity index (χ3v) is 3.19. The van der Waals surface area contributed by atoms with Crippen molar-refractivity contribution >= 4 is 0 Å². The summed E-state index contributed by atoms with van der Waals surface area (Å²) in [6, 6.07) is -0.358. The number of aromatic nitrogens is 3. The minimum absolute atomic E-state index is 0.318. The third kappa shape index (κ3) is 3.04. The van der Waals surface area contributed by atoms with Gasteiger partial charge in [0, 0.05) is 7.05 Å². The average molecular weight is 311 g/mol. The van der Waals surface area contributed by atoms with Crippen LogP contribution >= 0.6 is 0 Å². The molecule has 124 valence electrons. The fourth-order valence-electron chi connectivity index (χ4n) is 2.25. The van der Waals surface area contributed by atoms with Crippen LogP contribution in [0.4, 0.5) is 0 Å². The molecule has 7 heteroatoms. The molecule has 1 aliphatic rings. The first-order chi connectivity index (χ1) is 9.92. The van der Waals surface area contributed by atoms with Gasteiger partial charge in [-0.15, -0.1) is 0 Å². The second kappa shape index (κ2) is 5.15. The Morgan fingerprint density at radius 1 is 0.955 bits per heavy atom. The van der Waals surface area contributed by atoms with Crippen LogP contribution in [0.1, 0.15) is 53.8 Å². The largest absolute Gasteiger partial charge is 0.496 e. The zero-order valence-electron chi connectivity index (χ0n) is 14.3. The second-order valence-electron chi connectivity index (χ2n) is 7.48. The van der Waals surface area contributed by atoms with Gasteiger partial charge in [-0.25, -0.2) is 18.8 Å². The van der Waals surface area contributed by atoms with Crippen molar-refractivity contribution in [3.63, 3.8) is 0 Å². The van der Waals surface area contributed by atoms with E-state index in [1.165, 1.54) is 16.4 Å². The summed E-state index contributed by atoms with van der Waals surface area (Å²) in [4.78, 5) is 24.2. The van der Waals surface area contributed by atoms with Crippen molar-refractivity contribution in [2.75, 3.05) is 0 Å². The maximum atomic E-state index is 12.1. The Bertz CT molecular complexity index is 694. The number of hydrogen-bond acceptors (Lipinski definition) is 4. The highest BCUT2D eigenvalue weighted by atomic mass is 16.5. The Kier molecular flexibility index (Phi) is 3.89. The van der Waals surface area contributed by atoms with Gasteiger partial charge in [0.1, 0.15) is 6.04 Å². The van der Waals surface area contributed by atoms with Gasteiger partial charge in [0.25, 0.3) is 0 Å². The van der Waals surface area contributed by atoms with Gasteiger partial charge in [-0.1, -0.05) is 0 Å². The van der Waals surface area contributed by atoms with Crippen molar-refractivity contribution in [3.05, 3.63) is 33.3 Å². The topological polar surface area (TPSA) is 67.4 Å². The van der Waals surface area contributed by atoms with Crippen LogP contribution in [0.3, 0.4) is 0 Å². The molecule has 0 aromatic carbocycles. The average Bonchev–Trinajstić information content (AvgIpc) is 2.52. The van der Waals surface area contributed by atoms with Crippen LogP contribution in [0.5, 0.6) is 0 Å². The van der Waals surface area contributed by atoms with Crippen LogP contribution in [0.15, 0.2) is 21.9 Å². The van der Waals surface area contributed by atoms with Crippen LogP contribution in [-0.4, -0.2) is 25.1 Å². The van der Waals surface area contributed by atoms with Crippen molar-refractivity contribution in [1.29, 1.82) is 0 Å². The lowest BCUT2D eigenvalue weighted by molar-refractivity contribution is -0.166. The minimum atomic E-state index is -0.513. The molecule has 0 unspecified atom stereocenters. The predicted molar refractivity (Wildman–Crippen MR) is 82.8 cm³/mol. The minimum Gasteiger partial charge on any atom is -0.496 e. The third-order valence-electron chi connectivity index (χ3n) is 3.19. The Hall–Kier alpha value is -1.76. The molecule has 1 aliphatic heterocycles. The summed E-state index contributed by atoms with van der Waals surface area (Å²) in [7, 11) is 1.46. The summed E-state index contributed by atoms with van der Waals surface area (Å²) in [5, 5.41) is 0. The van der Waals surface area contributed by atoms with Gasteiger partial charge >= 0.3 is 11.4 Å². The first-order valence-corrected chi connectivity index (χ1v) is 7.35. The smallest absolute Gasteiger partial charge is 0.349 e. The van der Waals surface area contributed by atoms with E-state index >= 15 is 0 Å². The van der Waals surface area contributed by atoms with Crippen molar-refractivity contribution < 1.29 is 9.47 Å². The molecule has 0 amide bonds. The number of fused-ring (bicyclic) bond motifs is 1. The maximum absolute atomic E-state index is 12.1. The van der Waals surface area contributed by atoms with E-state index in [-0.39, 0.29) is 23.0 Å². The van der Waals surface area contributed by atoms with E-state index in [0.29, 0.717) is 0 Å². The Balaban J connectivity index is 2.35. The maximum Gasteiger partial charge on any atom is 0.349 e. The monoisotopic (exact) mass is 311 g/mol. The molecule has 2 atom stereocenters. The zero-order chi connectivity index (χ0) is 16.9. The number of hydrogen-bond donors (Lipinski definition) is 0. The van der Waals surface area contributed by atoms with Crippen LogP contribution in [0, 0.1) is 0 Å². The summed E-state index contributed by atoms with van der Waals surface area (Å²) >= 11 is 0. The molecule has 1 aromatic heterocycles. The molecule has 0 aliphatic carbocycles. The van der Waals surface area contributed by atoms with E-state index < -0.39 is 11.8 Å². The zero-order valence-corrected chi connectivity index (χ0v) is 14.3. The van der Waals surface area contributed by atoms with E-state index in [4.69, 9.17) is 9.47 Å². The van der Waals surface area contributed by atoms with Crippen LogP contribution < -0.4 is 11.4 Å². The SMILES string of the molecule is Cn1c(=O)n2n(c1=O)[C@@H](OC(C)(C)C)[C@H]2/C=C\OC(C)(C)C. The molecule has 0 N–H and O–H groups in total. The fraction of sp³-hybridized carbons (Fsp3) is 0.733. The lowest BCUT2D eigenvalue weighted by atomic mass is 10.1. The van der Waals surface area contributed by atoms with Crippen LogP contribution in [0.25, 0.3) is 0 Å². The molecule has 1 aromatic rings. The molecule has 2 rings (SSSR count). The van der Waals surface area contributed by atoms with E-state index in [2.05, 4.69) is 0 Å². The van der Waals surface area contributed by atoms with Crippen LogP contribution in [-0.2, 0) is 16.5 Å². The Morgan fingerprint density at radius 3 is 2.00 bits per heavy atom. The molecule has 22 heavy (non-hydrogen) atoms. The molecule has 0 radical (unpaired) electrons. The lowest BCUT2D eigenvalue weighted by Crippen LogP contribution is -2.50. The molecule has 0 bridgehead atoms. The van der Waals surface area contributed by atoms with E-state index in [1.807, 2.05) is 41.5 Å². The highest BCUT2D eigenvalue weighted by Gasteiger charge is 2.43. The van der Waals surface area contributed by atoms with Gasteiger partial charge in [0.2, 0.25) is 0 Å². The first kappa shape index (κ1) is 16.6. The molecular formula is C15H25N3O4. The lowest BCUT2D eigenvalue weighted by Gasteiger charge is -2.40. The number of ether oxygens (including phenoxy) is 2. The molecule has 2 heterocycles. The predicted octanol–water partition coefficient (Wildman–Crippen LogP) is 1.55. The highest BCUT2D eigenvalue weighted by molar-refractivity contribution is 5.01. The molecule has 7 nitrogen and oxygen atoms in total. The number of rotatable bonds is 3. The van der Waals surface area contributed by atoms with Gasteiger partial charge in [-0.05, 0) is 47.6 Å². The normalized spacial score (nSPS) is 21.8. The number of nitrogens with zero attached hydrogens (tertiary/aromatic N) is 3. The summed E-state index contributed by atoms with van der Waals surface area (Å²) in [5.41, 5.74) is -1.48. The highest BCUT2D eigenvalue weighted by Crippen LogP contribution is 2.35. The Labute approximate surface area is 129 Å². The van der Waals surface area contributed by atoms with Gasteiger partial charge in [0.05, 0.1) is 17.5 Å². The van der Waals surface area contributed by atoms with Crippen molar-refractivity contribution in [2.45, 2.75) is 65.0 Å². The van der Waals surface area contributed by atoms with Gasteiger partial charge in [-0.2, -0.15) is 4.68 Å². The van der Waals surface area contributed by atoms with Crippen LogP contribution in [0.2, 0.25) is 0 Å². The van der Waals surface area contributed by atoms with E-state index in [0.717, 1.165) is 4.57 Å². The van der Waals surface area contributed by atoms with Gasteiger partial charge < -0.3 is 9.47 Å². The van der Waals surface area contributed by atoms with Gasteiger partial charge in [0.15, 0.2) is 6.23 Å². The van der Waals surface area contributed by atoms with Crippen molar-refractivity contribution in [3.8, 4) is 0 Å². The molecule has 0 fully saturated rings. The molecule has 0 saturated heterocycles. The quantitative estimate of drug-likeness (QED) is 0.794. The summed E-state index contributed by atoms with van der Waals surface area (Å²) in [6.07, 6.45) is 2.81. The molecule has 0 spiro atoms. The summed E-state index contributed by atoms with van der Waals surface area (Å²) in [6.45, 7) is 11.5. The second-order valence-corrected chi connectivity index (χ2v) is 7.48. The van der Waals surface area contributed by atoms with Crippen molar-refractivity contribution in [1.82, 2.24) is 13.9 Å². The standard InChI is InChI=1S/C15H25N3O4/c1-14(2,3)21-9-8-10-11(22-15(4,5)6)18-13(20)16(7)12(19)17(10)18/h8-11H,1-7H3/b9-8-/t10-,11+/m1/s1. The molecule has 0 saturated carbocycles. The van der Waals surface area contributed by atoms with Gasteiger partial charge in [-0.3, -0.25) is 0 Å². The molecular weight excluding hydrogens is 286 g/mol. The van der Waals surface area contributed by atoms with Crippen molar-refractivity contribution in [2.24, 2.45) is 7.05 Å².